The molecule has 0 aliphatic heterocycles. The molecule has 1 aliphatic carbocycles. The van der Waals surface area contributed by atoms with Gasteiger partial charge in [-0.15, -0.1) is 0 Å². The fraction of sp³-hybridized carbons (Fsp3) is 0.529. The SMILES string of the molecule is OC(c1cc2cccc(F)c2o1)C1CCCCCCC1. The molecule has 1 fully saturated rings. The lowest BCUT2D eigenvalue weighted by Crippen LogP contribution is -2.13. The zero-order chi connectivity index (χ0) is 13.9. The molecule has 20 heavy (non-hydrogen) atoms. The fourth-order valence-corrected chi connectivity index (χ4v) is 3.23. The molecular weight excluding hydrogens is 255 g/mol. The lowest BCUT2D eigenvalue weighted by molar-refractivity contribution is 0.0724. The fourth-order valence-electron chi connectivity index (χ4n) is 3.23. The third kappa shape index (κ3) is 2.73. The van der Waals surface area contributed by atoms with Crippen LogP contribution in [0.4, 0.5) is 4.39 Å². The molecule has 1 atom stereocenters. The molecule has 1 unspecified atom stereocenters. The van der Waals surface area contributed by atoms with Gasteiger partial charge >= 0.3 is 0 Å². The van der Waals surface area contributed by atoms with Gasteiger partial charge < -0.3 is 9.52 Å². The van der Waals surface area contributed by atoms with Crippen LogP contribution >= 0.6 is 0 Å². The number of aliphatic hydroxyl groups excluding tert-OH is 1. The molecule has 108 valence electrons. The number of halogens is 1. The molecule has 0 saturated heterocycles. The van der Waals surface area contributed by atoms with Crippen LogP contribution in [-0.4, -0.2) is 5.11 Å². The maximum atomic E-state index is 13.6. The molecule has 0 radical (unpaired) electrons. The Bertz CT molecular complexity index is 567. The van der Waals surface area contributed by atoms with Crippen LogP contribution in [0.25, 0.3) is 11.0 Å². The van der Waals surface area contributed by atoms with Crippen LogP contribution in [-0.2, 0) is 0 Å². The van der Waals surface area contributed by atoms with Crippen LogP contribution in [0, 0.1) is 11.7 Å². The molecule has 0 spiro atoms. The molecule has 1 N–H and O–H groups in total. The summed E-state index contributed by atoms with van der Waals surface area (Å²) in [6.07, 6.45) is 7.57. The molecule has 1 saturated carbocycles. The highest BCUT2D eigenvalue weighted by atomic mass is 19.1. The van der Waals surface area contributed by atoms with Crippen LogP contribution in [0.5, 0.6) is 0 Å². The number of benzene rings is 1. The predicted octanol–water partition coefficient (Wildman–Crippen LogP) is 4.97. The summed E-state index contributed by atoms with van der Waals surface area (Å²) < 4.78 is 19.2. The molecule has 1 aromatic carbocycles. The van der Waals surface area contributed by atoms with Gasteiger partial charge in [0.25, 0.3) is 0 Å². The molecule has 3 rings (SSSR count). The highest BCUT2D eigenvalue weighted by molar-refractivity contribution is 5.78. The van der Waals surface area contributed by atoms with E-state index in [0.717, 1.165) is 31.1 Å². The van der Waals surface area contributed by atoms with Crippen molar-refractivity contribution in [2.24, 2.45) is 5.92 Å². The van der Waals surface area contributed by atoms with Crippen molar-refractivity contribution in [1.82, 2.24) is 0 Å². The van der Waals surface area contributed by atoms with Gasteiger partial charge in [0.15, 0.2) is 11.4 Å². The summed E-state index contributed by atoms with van der Waals surface area (Å²) >= 11 is 0. The van der Waals surface area contributed by atoms with Gasteiger partial charge in [-0.3, -0.25) is 0 Å². The third-order valence-corrected chi connectivity index (χ3v) is 4.40. The largest absolute Gasteiger partial charge is 0.455 e. The van der Waals surface area contributed by atoms with Crippen LogP contribution in [0.3, 0.4) is 0 Å². The van der Waals surface area contributed by atoms with Crippen molar-refractivity contribution in [1.29, 1.82) is 0 Å². The first kappa shape index (κ1) is 13.6. The van der Waals surface area contributed by atoms with E-state index in [1.165, 1.54) is 25.3 Å². The minimum Gasteiger partial charge on any atom is -0.455 e. The van der Waals surface area contributed by atoms with Gasteiger partial charge in [0.05, 0.1) is 0 Å². The summed E-state index contributed by atoms with van der Waals surface area (Å²) in [5.41, 5.74) is 0.257. The second kappa shape index (κ2) is 5.96. The second-order valence-electron chi connectivity index (χ2n) is 5.86. The quantitative estimate of drug-likeness (QED) is 0.840. The summed E-state index contributed by atoms with van der Waals surface area (Å²) in [6.45, 7) is 0. The van der Waals surface area contributed by atoms with Crippen molar-refractivity contribution < 1.29 is 13.9 Å². The van der Waals surface area contributed by atoms with E-state index in [1.807, 2.05) is 6.07 Å². The maximum absolute atomic E-state index is 13.6. The van der Waals surface area contributed by atoms with Gasteiger partial charge in [-0.05, 0) is 30.9 Å². The first-order chi connectivity index (χ1) is 9.75. The standard InChI is InChI=1S/C17H21FO2/c18-14-10-6-9-13-11-15(20-17(13)14)16(19)12-7-4-2-1-3-5-8-12/h6,9-12,16,19H,1-5,7-8H2. The van der Waals surface area contributed by atoms with E-state index >= 15 is 0 Å². The number of para-hydroxylation sites is 1. The minimum absolute atomic E-state index is 0.235. The van der Waals surface area contributed by atoms with E-state index < -0.39 is 6.10 Å². The normalized spacial score (nSPS) is 19.7. The Balaban J connectivity index is 1.83. The van der Waals surface area contributed by atoms with Gasteiger partial charge in [-0.25, -0.2) is 4.39 Å². The highest BCUT2D eigenvalue weighted by Gasteiger charge is 2.25. The Kier molecular flexibility index (Phi) is 4.06. The van der Waals surface area contributed by atoms with Crippen molar-refractivity contribution in [2.45, 2.75) is 51.0 Å². The number of fused-ring (bicyclic) bond motifs is 1. The van der Waals surface area contributed by atoms with Crippen LogP contribution < -0.4 is 0 Å². The van der Waals surface area contributed by atoms with Crippen molar-refractivity contribution in [3.05, 3.63) is 35.8 Å². The van der Waals surface area contributed by atoms with E-state index in [1.54, 1.807) is 12.1 Å². The van der Waals surface area contributed by atoms with E-state index in [4.69, 9.17) is 4.42 Å². The monoisotopic (exact) mass is 276 g/mol. The lowest BCUT2D eigenvalue weighted by atomic mass is 9.86. The van der Waals surface area contributed by atoms with Crippen molar-refractivity contribution in [3.8, 4) is 0 Å². The summed E-state index contributed by atoms with van der Waals surface area (Å²) in [5.74, 6) is 0.383. The van der Waals surface area contributed by atoms with Crippen LogP contribution in [0.15, 0.2) is 28.7 Å². The Morgan fingerprint density at radius 1 is 1.10 bits per heavy atom. The van der Waals surface area contributed by atoms with Gasteiger partial charge in [0.2, 0.25) is 0 Å². The minimum atomic E-state index is -0.611. The zero-order valence-corrected chi connectivity index (χ0v) is 11.6. The Morgan fingerprint density at radius 3 is 2.50 bits per heavy atom. The molecule has 1 heterocycles. The molecule has 3 heteroatoms. The molecule has 1 aromatic heterocycles. The van der Waals surface area contributed by atoms with E-state index in [-0.39, 0.29) is 17.3 Å². The predicted molar refractivity (Wildman–Crippen MR) is 76.9 cm³/mol. The highest BCUT2D eigenvalue weighted by Crippen LogP contribution is 2.35. The summed E-state index contributed by atoms with van der Waals surface area (Å²) in [7, 11) is 0. The van der Waals surface area contributed by atoms with E-state index in [2.05, 4.69) is 0 Å². The average molecular weight is 276 g/mol. The second-order valence-corrected chi connectivity index (χ2v) is 5.86. The average Bonchev–Trinajstić information content (AvgIpc) is 2.83. The van der Waals surface area contributed by atoms with Gasteiger partial charge in [-0.2, -0.15) is 0 Å². The van der Waals surface area contributed by atoms with Crippen LogP contribution in [0.1, 0.15) is 56.8 Å². The lowest BCUT2D eigenvalue weighted by Gasteiger charge is -2.23. The van der Waals surface area contributed by atoms with Crippen molar-refractivity contribution in [2.75, 3.05) is 0 Å². The zero-order valence-electron chi connectivity index (χ0n) is 11.6. The number of hydrogen-bond donors (Lipinski definition) is 1. The van der Waals surface area contributed by atoms with Crippen molar-refractivity contribution >= 4 is 11.0 Å². The Labute approximate surface area is 118 Å². The molecule has 0 amide bonds. The van der Waals surface area contributed by atoms with Crippen LogP contribution in [0.2, 0.25) is 0 Å². The van der Waals surface area contributed by atoms with E-state index in [0.29, 0.717) is 5.76 Å². The molecule has 2 nitrogen and oxygen atoms in total. The van der Waals surface area contributed by atoms with Gasteiger partial charge in [-0.1, -0.05) is 44.2 Å². The number of hydrogen-bond acceptors (Lipinski definition) is 2. The molecule has 2 aromatic rings. The van der Waals surface area contributed by atoms with Gasteiger partial charge in [0.1, 0.15) is 11.9 Å². The Hall–Kier alpha value is -1.35. The summed E-state index contributed by atoms with van der Waals surface area (Å²) in [5, 5.41) is 11.3. The smallest absolute Gasteiger partial charge is 0.170 e. The van der Waals surface area contributed by atoms with Crippen molar-refractivity contribution in [3.63, 3.8) is 0 Å². The number of rotatable bonds is 2. The summed E-state index contributed by atoms with van der Waals surface area (Å²) in [4.78, 5) is 0. The first-order valence-electron chi connectivity index (χ1n) is 7.62. The number of furan rings is 1. The first-order valence-corrected chi connectivity index (χ1v) is 7.62. The number of aliphatic hydroxyl groups is 1. The molecular formula is C17H21FO2. The third-order valence-electron chi connectivity index (χ3n) is 4.40. The Morgan fingerprint density at radius 2 is 1.80 bits per heavy atom. The molecule has 1 aliphatic rings. The summed E-state index contributed by atoms with van der Waals surface area (Å²) in [6, 6.07) is 6.65. The topological polar surface area (TPSA) is 33.4 Å². The van der Waals surface area contributed by atoms with E-state index in [9.17, 15) is 9.50 Å². The van der Waals surface area contributed by atoms with Gasteiger partial charge in [0, 0.05) is 5.39 Å². The molecule has 0 bridgehead atoms. The maximum Gasteiger partial charge on any atom is 0.170 e.